The molecule has 0 bridgehead atoms. The number of piperidine rings is 1. The van der Waals surface area contributed by atoms with E-state index in [1.807, 2.05) is 12.1 Å². The SMILES string of the molecule is CC(c1ccc(Cl)c(Cl)c1)C(CCC(N)N1CCCCC1)Cc1ccccc1. The van der Waals surface area contributed by atoms with E-state index < -0.39 is 0 Å². The van der Waals surface area contributed by atoms with Crippen LogP contribution in [0.25, 0.3) is 0 Å². The van der Waals surface area contributed by atoms with E-state index in [1.54, 1.807) is 0 Å². The van der Waals surface area contributed by atoms with Crippen LogP contribution in [0.2, 0.25) is 10.0 Å². The van der Waals surface area contributed by atoms with Crippen LogP contribution in [0.1, 0.15) is 56.1 Å². The van der Waals surface area contributed by atoms with Crippen LogP contribution < -0.4 is 5.73 Å². The molecule has 0 aromatic heterocycles. The maximum absolute atomic E-state index is 6.56. The zero-order valence-electron chi connectivity index (χ0n) is 16.8. The van der Waals surface area contributed by atoms with Crippen LogP contribution in [-0.2, 0) is 6.42 Å². The molecule has 1 saturated heterocycles. The van der Waals surface area contributed by atoms with E-state index in [-0.39, 0.29) is 6.17 Å². The summed E-state index contributed by atoms with van der Waals surface area (Å²) >= 11 is 12.4. The Balaban J connectivity index is 1.71. The predicted octanol–water partition coefficient (Wildman–Crippen LogP) is 6.51. The third kappa shape index (κ3) is 5.97. The van der Waals surface area contributed by atoms with Gasteiger partial charge >= 0.3 is 0 Å². The average Bonchev–Trinajstić information content (AvgIpc) is 2.73. The molecule has 3 atom stereocenters. The standard InChI is InChI=1S/C24H32Cl2N2/c1-18(21-10-12-22(25)23(26)17-21)20(16-19-8-4-2-5-9-19)11-13-24(27)28-14-6-3-7-15-28/h2,4-5,8-10,12,17-18,20,24H,3,6-7,11,13-16,27H2,1H3. The number of benzene rings is 2. The zero-order chi connectivity index (χ0) is 19.9. The van der Waals surface area contributed by atoms with E-state index in [0.29, 0.717) is 21.9 Å². The Morgan fingerprint density at radius 3 is 2.32 bits per heavy atom. The number of hydrogen-bond acceptors (Lipinski definition) is 2. The minimum atomic E-state index is 0.166. The van der Waals surface area contributed by atoms with Gasteiger partial charge in [0, 0.05) is 0 Å². The minimum Gasteiger partial charge on any atom is -0.316 e. The maximum atomic E-state index is 6.56. The van der Waals surface area contributed by atoms with Crippen molar-refractivity contribution in [2.24, 2.45) is 11.7 Å². The van der Waals surface area contributed by atoms with Crippen molar-refractivity contribution in [2.45, 2.75) is 57.5 Å². The van der Waals surface area contributed by atoms with Crippen molar-refractivity contribution in [2.75, 3.05) is 13.1 Å². The first kappa shape index (κ1) is 21.6. The van der Waals surface area contributed by atoms with Crippen LogP contribution in [0.4, 0.5) is 0 Å². The van der Waals surface area contributed by atoms with Gasteiger partial charge in [0.05, 0.1) is 16.2 Å². The largest absolute Gasteiger partial charge is 0.316 e. The molecule has 0 radical (unpaired) electrons. The normalized spacial score (nSPS) is 18.6. The van der Waals surface area contributed by atoms with Crippen LogP contribution in [0, 0.1) is 5.92 Å². The molecule has 1 aliphatic heterocycles. The highest BCUT2D eigenvalue weighted by Crippen LogP contribution is 2.34. The second kappa shape index (κ2) is 10.6. The Kier molecular flexibility index (Phi) is 8.23. The first-order chi connectivity index (χ1) is 13.5. The van der Waals surface area contributed by atoms with E-state index in [4.69, 9.17) is 28.9 Å². The van der Waals surface area contributed by atoms with Gasteiger partial charge in [0.25, 0.3) is 0 Å². The first-order valence-corrected chi connectivity index (χ1v) is 11.3. The van der Waals surface area contributed by atoms with Gasteiger partial charge < -0.3 is 5.73 Å². The van der Waals surface area contributed by atoms with Crippen molar-refractivity contribution >= 4 is 23.2 Å². The van der Waals surface area contributed by atoms with Gasteiger partial charge in [0.1, 0.15) is 0 Å². The van der Waals surface area contributed by atoms with Crippen molar-refractivity contribution in [3.8, 4) is 0 Å². The molecule has 3 rings (SSSR count). The third-order valence-corrected chi connectivity index (χ3v) is 6.95. The summed E-state index contributed by atoms with van der Waals surface area (Å²) in [5.41, 5.74) is 9.19. The summed E-state index contributed by atoms with van der Waals surface area (Å²) < 4.78 is 0. The third-order valence-electron chi connectivity index (χ3n) is 6.21. The van der Waals surface area contributed by atoms with Crippen LogP contribution in [0.15, 0.2) is 48.5 Å². The summed E-state index contributed by atoms with van der Waals surface area (Å²) in [5, 5.41) is 1.25. The minimum absolute atomic E-state index is 0.166. The molecule has 3 unspecified atom stereocenters. The molecule has 2 N–H and O–H groups in total. The maximum Gasteiger partial charge on any atom is 0.0595 e. The van der Waals surface area contributed by atoms with Gasteiger partial charge in [-0.15, -0.1) is 0 Å². The van der Waals surface area contributed by atoms with Gasteiger partial charge in [0.15, 0.2) is 0 Å². The molecule has 2 nitrogen and oxygen atoms in total. The molecule has 4 heteroatoms. The summed E-state index contributed by atoms with van der Waals surface area (Å²) in [6, 6.07) is 16.8. The fourth-order valence-corrected chi connectivity index (χ4v) is 4.64. The Morgan fingerprint density at radius 2 is 1.64 bits per heavy atom. The highest BCUT2D eigenvalue weighted by atomic mass is 35.5. The molecule has 1 aliphatic rings. The number of halogens is 2. The number of rotatable bonds is 8. The van der Waals surface area contributed by atoms with Crippen LogP contribution >= 0.6 is 23.2 Å². The lowest BCUT2D eigenvalue weighted by atomic mass is 9.80. The summed E-state index contributed by atoms with van der Waals surface area (Å²) in [5.74, 6) is 0.902. The Bertz CT molecular complexity index is 729. The molecular weight excluding hydrogens is 387 g/mol. The van der Waals surface area contributed by atoms with Gasteiger partial charge in [-0.05, 0) is 80.3 Å². The molecular formula is C24H32Cl2N2. The topological polar surface area (TPSA) is 29.3 Å². The van der Waals surface area contributed by atoms with Gasteiger partial charge in [-0.3, -0.25) is 4.90 Å². The quantitative estimate of drug-likeness (QED) is 0.529. The van der Waals surface area contributed by atoms with Crippen LogP contribution in [-0.4, -0.2) is 24.2 Å². The fourth-order valence-electron chi connectivity index (χ4n) is 4.33. The van der Waals surface area contributed by atoms with Crippen molar-refractivity contribution in [1.29, 1.82) is 0 Å². The van der Waals surface area contributed by atoms with Gasteiger partial charge in [-0.2, -0.15) is 0 Å². The van der Waals surface area contributed by atoms with Gasteiger partial charge in [-0.25, -0.2) is 0 Å². The second-order valence-corrected chi connectivity index (χ2v) is 8.97. The monoisotopic (exact) mass is 418 g/mol. The Morgan fingerprint density at radius 1 is 0.929 bits per heavy atom. The number of nitrogens with zero attached hydrogens (tertiary/aromatic N) is 1. The lowest BCUT2D eigenvalue weighted by molar-refractivity contribution is 0.150. The molecule has 2 aromatic carbocycles. The average molecular weight is 419 g/mol. The van der Waals surface area contributed by atoms with Crippen molar-refractivity contribution in [1.82, 2.24) is 4.90 Å². The number of likely N-dealkylation sites (tertiary alicyclic amines) is 1. The molecule has 152 valence electrons. The Labute approximate surface area is 180 Å². The predicted molar refractivity (Wildman–Crippen MR) is 121 cm³/mol. The molecule has 0 saturated carbocycles. The summed E-state index contributed by atoms with van der Waals surface area (Å²) in [4.78, 5) is 2.47. The molecule has 1 fully saturated rings. The van der Waals surface area contributed by atoms with Crippen LogP contribution in [0.5, 0.6) is 0 Å². The van der Waals surface area contributed by atoms with Gasteiger partial charge in [-0.1, -0.05) is 72.9 Å². The lowest BCUT2D eigenvalue weighted by Gasteiger charge is -2.33. The molecule has 0 aliphatic carbocycles. The Hall–Kier alpha value is -1.06. The van der Waals surface area contributed by atoms with E-state index >= 15 is 0 Å². The smallest absolute Gasteiger partial charge is 0.0595 e. The lowest BCUT2D eigenvalue weighted by Crippen LogP contribution is -2.45. The van der Waals surface area contributed by atoms with Crippen molar-refractivity contribution < 1.29 is 0 Å². The van der Waals surface area contributed by atoms with Crippen molar-refractivity contribution in [3.05, 3.63) is 69.7 Å². The van der Waals surface area contributed by atoms with E-state index in [9.17, 15) is 0 Å². The molecule has 0 amide bonds. The summed E-state index contributed by atoms with van der Waals surface area (Å²) in [6.45, 7) is 4.60. The summed E-state index contributed by atoms with van der Waals surface area (Å²) in [6.07, 6.45) is 7.25. The highest BCUT2D eigenvalue weighted by Gasteiger charge is 2.23. The molecule has 0 spiro atoms. The molecule has 28 heavy (non-hydrogen) atoms. The van der Waals surface area contributed by atoms with Crippen LogP contribution in [0.3, 0.4) is 0 Å². The summed E-state index contributed by atoms with van der Waals surface area (Å²) in [7, 11) is 0. The molecule has 2 aromatic rings. The first-order valence-electron chi connectivity index (χ1n) is 10.5. The highest BCUT2D eigenvalue weighted by molar-refractivity contribution is 6.42. The van der Waals surface area contributed by atoms with Crippen molar-refractivity contribution in [3.63, 3.8) is 0 Å². The van der Waals surface area contributed by atoms with E-state index in [0.717, 1.165) is 32.4 Å². The van der Waals surface area contributed by atoms with E-state index in [2.05, 4.69) is 48.2 Å². The molecule has 1 heterocycles. The zero-order valence-corrected chi connectivity index (χ0v) is 18.3. The fraction of sp³-hybridized carbons (Fsp3) is 0.500. The number of hydrogen-bond donors (Lipinski definition) is 1. The van der Waals surface area contributed by atoms with Gasteiger partial charge in [0.2, 0.25) is 0 Å². The van der Waals surface area contributed by atoms with E-state index in [1.165, 1.54) is 30.4 Å². The number of nitrogens with two attached hydrogens (primary N) is 1. The second-order valence-electron chi connectivity index (χ2n) is 8.15.